The van der Waals surface area contributed by atoms with Gasteiger partial charge in [-0.15, -0.1) is 5.10 Å². The average molecular weight is 325 g/mol. The molecule has 24 heavy (non-hydrogen) atoms. The zero-order valence-electron chi connectivity index (χ0n) is 14.0. The van der Waals surface area contributed by atoms with Crippen LogP contribution in [0.5, 0.6) is 0 Å². The summed E-state index contributed by atoms with van der Waals surface area (Å²) in [7, 11) is 0. The maximum atomic E-state index is 12.1. The number of carbonyl (C=O) groups excluding carboxylic acids is 1. The number of rotatable bonds is 5. The van der Waals surface area contributed by atoms with Crippen molar-refractivity contribution in [2.24, 2.45) is 0 Å². The molecule has 1 saturated carbocycles. The smallest absolute Gasteiger partial charge is 0.237 e. The fraction of sp³-hybridized carbons (Fsp3) is 0.500. The fourth-order valence-corrected chi connectivity index (χ4v) is 3.55. The van der Waals surface area contributed by atoms with E-state index in [0.717, 1.165) is 24.3 Å². The molecule has 6 nitrogen and oxygen atoms in total. The van der Waals surface area contributed by atoms with E-state index >= 15 is 0 Å². The third-order valence-corrected chi connectivity index (χ3v) is 4.92. The van der Waals surface area contributed by atoms with Gasteiger partial charge in [-0.1, -0.05) is 30.3 Å². The highest BCUT2D eigenvalue weighted by molar-refractivity contribution is 5.82. The van der Waals surface area contributed by atoms with Crippen LogP contribution in [-0.2, 0) is 11.3 Å². The van der Waals surface area contributed by atoms with Gasteiger partial charge in [-0.3, -0.25) is 9.69 Å². The second-order valence-electron chi connectivity index (χ2n) is 6.63. The van der Waals surface area contributed by atoms with Gasteiger partial charge in [-0.2, -0.15) is 0 Å². The number of hydrogen-bond donors (Lipinski definition) is 1. The highest BCUT2D eigenvalue weighted by Crippen LogP contribution is 2.42. The van der Waals surface area contributed by atoms with Gasteiger partial charge in [0.15, 0.2) is 0 Å². The Labute approximate surface area is 141 Å². The fourth-order valence-electron chi connectivity index (χ4n) is 3.55. The standard InChI is InChI=1S/C18H23N5O/c1-2-16-18(24)19-10-11-22(16)12-15-17(13-8-9-13)23(21-20-15)14-6-4-3-5-7-14/h3-7,13,16H,2,8-12H2,1H3,(H,19,24). The minimum atomic E-state index is -0.0623. The Bertz CT molecular complexity index is 722. The van der Waals surface area contributed by atoms with Crippen molar-refractivity contribution < 1.29 is 4.79 Å². The van der Waals surface area contributed by atoms with E-state index in [-0.39, 0.29) is 11.9 Å². The molecule has 0 radical (unpaired) electrons. The maximum absolute atomic E-state index is 12.1. The van der Waals surface area contributed by atoms with Gasteiger partial charge in [-0.25, -0.2) is 4.68 Å². The first-order valence-corrected chi connectivity index (χ1v) is 8.79. The molecule has 1 N–H and O–H groups in total. The third-order valence-electron chi connectivity index (χ3n) is 4.92. The molecular formula is C18H23N5O. The van der Waals surface area contributed by atoms with E-state index in [1.54, 1.807) is 0 Å². The van der Waals surface area contributed by atoms with Crippen LogP contribution in [0, 0.1) is 0 Å². The van der Waals surface area contributed by atoms with Crippen LogP contribution in [-0.4, -0.2) is 44.9 Å². The van der Waals surface area contributed by atoms with Crippen molar-refractivity contribution in [3.05, 3.63) is 41.7 Å². The summed E-state index contributed by atoms with van der Waals surface area (Å²) in [6, 6.07) is 10.1. The van der Waals surface area contributed by atoms with Crippen molar-refractivity contribution in [3.63, 3.8) is 0 Å². The Morgan fingerprint density at radius 1 is 1.25 bits per heavy atom. The molecule has 1 amide bonds. The quantitative estimate of drug-likeness (QED) is 0.911. The lowest BCUT2D eigenvalue weighted by atomic mass is 10.1. The van der Waals surface area contributed by atoms with Gasteiger partial charge >= 0.3 is 0 Å². The lowest BCUT2D eigenvalue weighted by molar-refractivity contribution is -0.129. The summed E-state index contributed by atoms with van der Waals surface area (Å²) in [6.07, 6.45) is 3.22. The van der Waals surface area contributed by atoms with Crippen LogP contribution in [0.3, 0.4) is 0 Å². The Kier molecular flexibility index (Phi) is 4.06. The van der Waals surface area contributed by atoms with Crippen LogP contribution in [0.4, 0.5) is 0 Å². The first kappa shape index (κ1) is 15.3. The SMILES string of the molecule is CCC1C(=O)NCCN1Cc1nnn(-c2ccccc2)c1C1CC1. The Hall–Kier alpha value is -2.21. The number of piperazine rings is 1. The normalized spacial score (nSPS) is 21.7. The summed E-state index contributed by atoms with van der Waals surface area (Å²) in [5.41, 5.74) is 3.30. The second kappa shape index (κ2) is 6.36. The summed E-state index contributed by atoms with van der Waals surface area (Å²) in [6.45, 7) is 4.34. The Balaban J connectivity index is 1.64. The summed E-state index contributed by atoms with van der Waals surface area (Å²) in [5.74, 6) is 0.682. The first-order valence-electron chi connectivity index (χ1n) is 8.79. The Morgan fingerprint density at radius 3 is 2.75 bits per heavy atom. The van der Waals surface area contributed by atoms with Gasteiger partial charge in [0.2, 0.25) is 5.91 Å². The molecule has 2 aliphatic rings. The highest BCUT2D eigenvalue weighted by atomic mass is 16.2. The molecular weight excluding hydrogens is 302 g/mol. The molecule has 1 aliphatic heterocycles. The van der Waals surface area contributed by atoms with E-state index in [9.17, 15) is 4.79 Å². The molecule has 0 bridgehead atoms. The van der Waals surface area contributed by atoms with Crippen molar-refractivity contribution >= 4 is 5.91 Å². The molecule has 6 heteroatoms. The van der Waals surface area contributed by atoms with E-state index < -0.39 is 0 Å². The van der Waals surface area contributed by atoms with E-state index in [1.807, 2.05) is 22.9 Å². The zero-order chi connectivity index (χ0) is 16.5. The lowest BCUT2D eigenvalue weighted by Gasteiger charge is -2.34. The van der Waals surface area contributed by atoms with Gasteiger partial charge in [0, 0.05) is 25.6 Å². The van der Waals surface area contributed by atoms with Crippen LogP contribution in [0.1, 0.15) is 43.5 Å². The molecule has 2 heterocycles. The molecule has 2 fully saturated rings. The van der Waals surface area contributed by atoms with E-state index in [1.165, 1.54) is 18.5 Å². The minimum Gasteiger partial charge on any atom is -0.353 e. The van der Waals surface area contributed by atoms with Gasteiger partial charge in [0.25, 0.3) is 0 Å². The Morgan fingerprint density at radius 2 is 2.04 bits per heavy atom. The molecule has 1 aliphatic carbocycles. The number of nitrogens with one attached hydrogen (secondary N) is 1. The highest BCUT2D eigenvalue weighted by Gasteiger charge is 2.34. The molecule has 2 aromatic rings. The second-order valence-corrected chi connectivity index (χ2v) is 6.63. The molecule has 1 atom stereocenters. The third kappa shape index (κ3) is 2.82. The molecule has 126 valence electrons. The van der Waals surface area contributed by atoms with Gasteiger partial charge in [0.1, 0.15) is 5.69 Å². The predicted molar refractivity (Wildman–Crippen MR) is 90.8 cm³/mol. The molecule has 1 saturated heterocycles. The predicted octanol–water partition coefficient (Wildman–Crippen LogP) is 1.86. The van der Waals surface area contributed by atoms with Gasteiger partial charge in [0.05, 0.1) is 17.4 Å². The van der Waals surface area contributed by atoms with Crippen molar-refractivity contribution in [1.82, 2.24) is 25.2 Å². The number of benzene rings is 1. The van der Waals surface area contributed by atoms with Crippen LogP contribution in [0.25, 0.3) is 5.69 Å². The van der Waals surface area contributed by atoms with Gasteiger partial charge in [-0.05, 0) is 31.4 Å². The van der Waals surface area contributed by atoms with Crippen LogP contribution >= 0.6 is 0 Å². The molecule has 1 unspecified atom stereocenters. The molecule has 4 rings (SSSR count). The number of hydrogen-bond acceptors (Lipinski definition) is 4. The number of para-hydroxylation sites is 1. The summed E-state index contributed by atoms with van der Waals surface area (Å²) >= 11 is 0. The molecule has 0 spiro atoms. The van der Waals surface area contributed by atoms with Crippen molar-refractivity contribution in [3.8, 4) is 5.69 Å². The van der Waals surface area contributed by atoms with Crippen LogP contribution < -0.4 is 5.32 Å². The zero-order valence-corrected chi connectivity index (χ0v) is 14.0. The van der Waals surface area contributed by atoms with Crippen LogP contribution in [0.2, 0.25) is 0 Å². The van der Waals surface area contributed by atoms with E-state index in [2.05, 4.69) is 39.6 Å². The minimum absolute atomic E-state index is 0.0623. The van der Waals surface area contributed by atoms with Gasteiger partial charge < -0.3 is 5.32 Å². The van der Waals surface area contributed by atoms with Crippen molar-refractivity contribution in [1.29, 1.82) is 0 Å². The van der Waals surface area contributed by atoms with E-state index in [4.69, 9.17) is 0 Å². The van der Waals surface area contributed by atoms with Crippen molar-refractivity contribution in [2.75, 3.05) is 13.1 Å². The largest absolute Gasteiger partial charge is 0.353 e. The average Bonchev–Trinajstić information content (AvgIpc) is 3.36. The van der Waals surface area contributed by atoms with Crippen molar-refractivity contribution in [2.45, 2.75) is 44.7 Å². The summed E-state index contributed by atoms with van der Waals surface area (Å²) in [4.78, 5) is 14.3. The van der Waals surface area contributed by atoms with Crippen LogP contribution in [0.15, 0.2) is 30.3 Å². The lowest BCUT2D eigenvalue weighted by Crippen LogP contribution is -2.54. The number of nitrogens with zero attached hydrogens (tertiary/aromatic N) is 4. The summed E-state index contributed by atoms with van der Waals surface area (Å²) < 4.78 is 1.98. The molecule has 1 aromatic heterocycles. The number of aromatic nitrogens is 3. The number of carbonyl (C=O) groups is 1. The molecule has 1 aromatic carbocycles. The summed E-state index contributed by atoms with van der Waals surface area (Å²) in [5, 5.41) is 11.9. The monoisotopic (exact) mass is 325 g/mol. The first-order chi connectivity index (χ1) is 11.8. The van der Waals surface area contributed by atoms with E-state index in [0.29, 0.717) is 19.0 Å². The maximum Gasteiger partial charge on any atom is 0.237 e. The number of amides is 1. The topological polar surface area (TPSA) is 63.1 Å².